The molecule has 270 valence electrons. The van der Waals surface area contributed by atoms with E-state index < -0.39 is 5.60 Å². The van der Waals surface area contributed by atoms with E-state index in [4.69, 9.17) is 0 Å². The lowest BCUT2D eigenvalue weighted by Gasteiger charge is -2.66. The van der Waals surface area contributed by atoms with Gasteiger partial charge < -0.3 is 15.3 Å². The molecule has 0 radical (unpaired) electrons. The third kappa shape index (κ3) is 4.80. The van der Waals surface area contributed by atoms with E-state index in [-0.39, 0.29) is 17.6 Å². The molecule has 9 aliphatic rings. The highest BCUT2D eigenvalue weighted by Crippen LogP contribution is 2.77. The minimum atomic E-state index is -0.547. The molecule has 1 aromatic carbocycles. The summed E-state index contributed by atoms with van der Waals surface area (Å²) in [7, 11) is 0. The van der Waals surface area contributed by atoms with Crippen molar-refractivity contribution in [3.63, 3.8) is 0 Å². The monoisotopic (exact) mass is 670 g/mol. The molecule has 16 atom stereocenters. The van der Waals surface area contributed by atoms with Crippen LogP contribution in [0.15, 0.2) is 30.3 Å². The van der Waals surface area contributed by atoms with Crippen LogP contribution >= 0.6 is 0 Å². The minimum absolute atomic E-state index is 0.216. The Hall–Kier alpha value is -0.940. The van der Waals surface area contributed by atoms with Gasteiger partial charge in [0, 0.05) is 19.1 Å². The van der Waals surface area contributed by atoms with Crippen molar-refractivity contribution in [1.29, 1.82) is 0 Å². The van der Waals surface area contributed by atoms with Gasteiger partial charge in [0.1, 0.15) is 0 Å². The first-order valence-electron chi connectivity index (χ1n) is 21.6. The number of aliphatic hydroxyl groups excluding tert-OH is 2. The maximum absolute atomic E-state index is 13.8. The fourth-order valence-corrected chi connectivity index (χ4v) is 17.4. The van der Waals surface area contributed by atoms with Crippen LogP contribution in [0, 0.1) is 69.5 Å². The summed E-state index contributed by atoms with van der Waals surface area (Å²) >= 11 is 0. The number of aliphatic hydroxyl groups is 3. The zero-order valence-corrected chi connectivity index (χ0v) is 30.7. The largest absolute Gasteiger partial charge is 0.393 e. The summed E-state index contributed by atoms with van der Waals surface area (Å²) in [4.78, 5) is 2.88. The quantitative estimate of drug-likeness (QED) is 0.303. The zero-order chi connectivity index (χ0) is 33.2. The second kappa shape index (κ2) is 11.8. The number of hydrogen-bond acceptors (Lipinski definition) is 4. The summed E-state index contributed by atoms with van der Waals surface area (Å²) in [5.74, 6) is 5.52. The second-order valence-corrected chi connectivity index (χ2v) is 20.7. The number of fused-ring (bicyclic) bond motifs is 4. The van der Waals surface area contributed by atoms with Crippen molar-refractivity contribution in [3.05, 3.63) is 35.9 Å². The van der Waals surface area contributed by atoms with E-state index in [1.54, 1.807) is 0 Å². The zero-order valence-electron chi connectivity index (χ0n) is 30.7. The number of benzene rings is 1. The van der Waals surface area contributed by atoms with Crippen molar-refractivity contribution in [2.45, 2.75) is 159 Å². The highest BCUT2D eigenvalue weighted by atomic mass is 16.3. The molecule has 0 amide bonds. The number of rotatable bonds is 3. The van der Waals surface area contributed by atoms with E-state index >= 15 is 0 Å². The Balaban J connectivity index is 0.963. The molecule has 3 N–H and O–H groups in total. The Bertz CT molecular complexity index is 1380. The average molecular weight is 670 g/mol. The minimum Gasteiger partial charge on any atom is -0.393 e. The third-order valence-electron chi connectivity index (χ3n) is 18.8. The van der Waals surface area contributed by atoms with Crippen molar-refractivity contribution in [2.75, 3.05) is 13.1 Å². The number of hydrogen-bond donors (Lipinski definition) is 3. The molecule has 2 saturated heterocycles. The Morgan fingerprint density at radius 3 is 2.43 bits per heavy atom. The van der Waals surface area contributed by atoms with Crippen molar-refractivity contribution in [2.24, 2.45) is 69.5 Å². The molecule has 7 saturated carbocycles. The van der Waals surface area contributed by atoms with Crippen LogP contribution in [0.25, 0.3) is 0 Å². The van der Waals surface area contributed by atoms with E-state index in [0.29, 0.717) is 46.5 Å². The number of piperidine rings is 2. The van der Waals surface area contributed by atoms with E-state index in [1.807, 2.05) is 0 Å². The smallest absolute Gasteiger partial charge is 0.0861 e. The molecule has 0 unspecified atom stereocenters. The van der Waals surface area contributed by atoms with Gasteiger partial charge in [-0.3, -0.25) is 4.90 Å². The van der Waals surface area contributed by atoms with Gasteiger partial charge in [-0.25, -0.2) is 0 Å². The Morgan fingerprint density at radius 2 is 1.55 bits per heavy atom. The Kier molecular flexibility index (Phi) is 7.86. The Morgan fingerprint density at radius 1 is 0.714 bits per heavy atom. The Labute approximate surface area is 297 Å². The summed E-state index contributed by atoms with van der Waals surface area (Å²) in [6.07, 6.45) is 24.3. The molecule has 2 spiro atoms. The molecule has 4 nitrogen and oxygen atoms in total. The van der Waals surface area contributed by atoms with Gasteiger partial charge in [-0.1, -0.05) is 50.1 Å². The summed E-state index contributed by atoms with van der Waals surface area (Å²) < 4.78 is 0. The van der Waals surface area contributed by atoms with Crippen LogP contribution in [-0.2, 0) is 6.42 Å². The molecule has 7 aliphatic carbocycles. The third-order valence-corrected chi connectivity index (χ3v) is 18.8. The lowest BCUT2D eigenvalue weighted by atomic mass is 9.40. The van der Waals surface area contributed by atoms with Gasteiger partial charge in [0.05, 0.1) is 17.8 Å². The highest BCUT2D eigenvalue weighted by molar-refractivity contribution is 5.22. The van der Waals surface area contributed by atoms with Gasteiger partial charge in [-0.15, -0.1) is 0 Å². The molecule has 2 bridgehead atoms. The molecule has 0 aromatic heterocycles. The van der Waals surface area contributed by atoms with Gasteiger partial charge in [-0.05, 0) is 191 Å². The topological polar surface area (TPSA) is 63.9 Å². The maximum atomic E-state index is 13.8. The van der Waals surface area contributed by atoms with E-state index in [1.165, 1.54) is 121 Å². The van der Waals surface area contributed by atoms with E-state index in [0.717, 1.165) is 49.4 Å². The molecule has 10 rings (SSSR count). The fourth-order valence-electron chi connectivity index (χ4n) is 17.4. The summed E-state index contributed by atoms with van der Waals surface area (Å²) in [6, 6.07) is 11.6. The SMILES string of the molecule is C[C@@H]1CC[C@H]2N(C1)C[C@H]1[C@H]3C[C@H]4[C@@]56CCC[C@@]4(C[C@H](O)[C@H]5C[C@@H](O)CC6)[C@H]3CC[C@H]1[C@@]2(O)[C@H]1CCC[C@]2(CC[C@@H](Cc3ccccc3)C2)C1. The van der Waals surface area contributed by atoms with E-state index in [9.17, 15) is 15.3 Å². The standard InChI is InChI=1S/C45H67NO3/c1-29-10-13-41-45(49,32-9-5-16-42(25-32)19-14-31(24-42)21-30-7-3-2-4-8-30)37-12-11-36-34(35(37)28-46(41)27-29)23-40-43-17-6-18-44(36,40)26-39(48)38(43)22-33(47)15-20-43/h2-4,7-8,29,31-41,47-49H,5-6,9-28H2,1H3/t29-,31+,32+,33+,34-,35+,36+,37-,38-,39+,40+,41-,42-,43-,44-,45+/m1/s1. The molecule has 9 fully saturated rings. The number of nitrogens with zero attached hydrogens (tertiary/aromatic N) is 1. The van der Waals surface area contributed by atoms with Crippen molar-refractivity contribution in [1.82, 2.24) is 4.90 Å². The summed E-state index contributed by atoms with van der Waals surface area (Å²) in [5.41, 5.74) is 1.97. The predicted octanol–water partition coefficient (Wildman–Crippen LogP) is 8.41. The molecule has 2 aliphatic heterocycles. The molecular weight excluding hydrogens is 602 g/mol. The van der Waals surface area contributed by atoms with Gasteiger partial charge in [-0.2, -0.15) is 0 Å². The first-order chi connectivity index (χ1) is 23.7. The fraction of sp³-hybridized carbons (Fsp3) is 0.867. The van der Waals surface area contributed by atoms with Crippen molar-refractivity contribution >= 4 is 0 Å². The normalized spacial score (nSPS) is 55.2. The lowest BCUT2D eigenvalue weighted by molar-refractivity contribution is -0.226. The van der Waals surface area contributed by atoms with Crippen molar-refractivity contribution in [3.8, 4) is 0 Å². The first-order valence-corrected chi connectivity index (χ1v) is 21.6. The van der Waals surface area contributed by atoms with Gasteiger partial charge >= 0.3 is 0 Å². The summed E-state index contributed by atoms with van der Waals surface area (Å²) in [5, 5.41) is 36.5. The molecule has 49 heavy (non-hydrogen) atoms. The maximum Gasteiger partial charge on any atom is 0.0861 e. The second-order valence-electron chi connectivity index (χ2n) is 20.7. The molecule has 4 heteroatoms. The van der Waals surface area contributed by atoms with Crippen LogP contribution in [0.4, 0.5) is 0 Å². The summed E-state index contributed by atoms with van der Waals surface area (Å²) in [6.45, 7) is 4.87. The van der Waals surface area contributed by atoms with Crippen LogP contribution in [0.3, 0.4) is 0 Å². The first kappa shape index (κ1) is 32.7. The van der Waals surface area contributed by atoms with Crippen molar-refractivity contribution < 1.29 is 15.3 Å². The molecular formula is C45H67NO3. The van der Waals surface area contributed by atoms with Crippen LogP contribution < -0.4 is 0 Å². The van der Waals surface area contributed by atoms with Gasteiger partial charge in [0.2, 0.25) is 0 Å². The van der Waals surface area contributed by atoms with Gasteiger partial charge in [0.25, 0.3) is 0 Å². The van der Waals surface area contributed by atoms with Crippen LogP contribution in [0.5, 0.6) is 0 Å². The van der Waals surface area contributed by atoms with Crippen LogP contribution in [0.1, 0.15) is 134 Å². The molecule has 1 aromatic rings. The van der Waals surface area contributed by atoms with Gasteiger partial charge in [0.15, 0.2) is 0 Å². The van der Waals surface area contributed by atoms with Crippen LogP contribution in [-0.4, -0.2) is 57.2 Å². The average Bonchev–Trinajstić information content (AvgIpc) is 3.65. The van der Waals surface area contributed by atoms with Crippen LogP contribution in [0.2, 0.25) is 0 Å². The lowest BCUT2D eigenvalue weighted by Crippen LogP contribution is -2.71. The molecule has 2 heterocycles. The predicted molar refractivity (Wildman–Crippen MR) is 195 cm³/mol. The van der Waals surface area contributed by atoms with E-state index in [2.05, 4.69) is 42.2 Å². The highest BCUT2D eigenvalue weighted by Gasteiger charge is 2.72.